The van der Waals surface area contributed by atoms with Crippen molar-refractivity contribution in [2.45, 2.75) is 50.7 Å². The quantitative estimate of drug-likeness (QED) is 0.286. The number of thiophene rings is 1. The van der Waals surface area contributed by atoms with E-state index in [0.717, 1.165) is 42.6 Å². The van der Waals surface area contributed by atoms with Gasteiger partial charge < -0.3 is 9.88 Å². The van der Waals surface area contributed by atoms with Crippen molar-refractivity contribution in [2.24, 2.45) is 5.92 Å². The molecule has 176 valence electrons. The summed E-state index contributed by atoms with van der Waals surface area (Å²) >= 11 is 8.87. The minimum atomic E-state index is -0.153. The van der Waals surface area contributed by atoms with E-state index in [1.54, 1.807) is 17.4 Å². The maximum absolute atomic E-state index is 12.8. The molecule has 0 radical (unpaired) electrons. The molecule has 0 fully saturated rings. The molecule has 4 rings (SSSR count). The first-order valence-corrected chi connectivity index (χ1v) is 13.4. The van der Waals surface area contributed by atoms with Crippen LogP contribution < -0.4 is 5.32 Å². The van der Waals surface area contributed by atoms with Crippen LogP contribution in [0.2, 0.25) is 5.02 Å². The van der Waals surface area contributed by atoms with Crippen LogP contribution in [-0.2, 0) is 30.6 Å². The Kier molecular flexibility index (Phi) is 8.09. The van der Waals surface area contributed by atoms with Crippen LogP contribution >= 0.6 is 34.7 Å². The Morgan fingerprint density at radius 2 is 2.21 bits per heavy atom. The molecule has 1 aliphatic rings. The van der Waals surface area contributed by atoms with Crippen LogP contribution in [0, 0.1) is 17.2 Å². The molecule has 1 unspecified atom stereocenters. The molecule has 0 bridgehead atoms. The van der Waals surface area contributed by atoms with Crippen molar-refractivity contribution >= 4 is 45.6 Å². The van der Waals surface area contributed by atoms with E-state index >= 15 is 0 Å². The second kappa shape index (κ2) is 11.2. The second-order valence-electron chi connectivity index (χ2n) is 8.27. The maximum atomic E-state index is 12.8. The Bertz CT molecular complexity index is 1230. The number of rotatable bonds is 9. The first kappa shape index (κ1) is 24.5. The largest absolute Gasteiger partial charge is 0.316 e. The number of fused-ring (bicyclic) bond motifs is 1. The second-order valence-corrected chi connectivity index (χ2v) is 10.8. The molecule has 1 aromatic carbocycles. The summed E-state index contributed by atoms with van der Waals surface area (Å²) in [6.07, 6.45) is 6.56. The van der Waals surface area contributed by atoms with Crippen molar-refractivity contribution < 1.29 is 4.79 Å². The highest BCUT2D eigenvalue weighted by Gasteiger charge is 2.26. The standard InChI is InChI=1S/C25H26ClN5OS2/c1-3-11-31-22(13-17-5-8-18(26)9-6-17)29-30-25(31)33-15-23(32)28-24-20(14-27)19-10-7-16(4-2)12-21(19)34-24/h3,5-6,8-9,16H,1,4,7,10-13,15H2,2H3,(H,28,32). The Labute approximate surface area is 213 Å². The van der Waals surface area contributed by atoms with Gasteiger partial charge in [-0.15, -0.1) is 28.1 Å². The minimum Gasteiger partial charge on any atom is -0.316 e. The first-order valence-electron chi connectivity index (χ1n) is 11.3. The molecular weight excluding hydrogens is 486 g/mol. The average molecular weight is 512 g/mol. The smallest absolute Gasteiger partial charge is 0.235 e. The number of aromatic nitrogens is 3. The number of benzene rings is 1. The molecule has 1 N–H and O–H groups in total. The Hall–Kier alpha value is -2.60. The van der Waals surface area contributed by atoms with E-state index < -0.39 is 0 Å². The zero-order valence-electron chi connectivity index (χ0n) is 19.0. The number of hydrogen-bond donors (Lipinski definition) is 1. The van der Waals surface area contributed by atoms with Crippen LogP contribution in [0.1, 0.15) is 47.2 Å². The van der Waals surface area contributed by atoms with Gasteiger partial charge in [-0.25, -0.2) is 0 Å². The number of nitriles is 1. The lowest BCUT2D eigenvalue weighted by Crippen LogP contribution is -2.15. The van der Waals surface area contributed by atoms with Crippen molar-refractivity contribution in [1.29, 1.82) is 5.26 Å². The molecule has 0 saturated heterocycles. The highest BCUT2D eigenvalue weighted by atomic mass is 35.5. The van der Waals surface area contributed by atoms with Crippen LogP contribution in [0.15, 0.2) is 42.1 Å². The number of hydrogen-bond acceptors (Lipinski definition) is 6. The summed E-state index contributed by atoms with van der Waals surface area (Å²) in [5.74, 6) is 1.49. The summed E-state index contributed by atoms with van der Waals surface area (Å²) in [4.78, 5) is 14.0. The topological polar surface area (TPSA) is 83.6 Å². The van der Waals surface area contributed by atoms with Crippen molar-refractivity contribution in [3.63, 3.8) is 0 Å². The van der Waals surface area contributed by atoms with Gasteiger partial charge in [-0.05, 0) is 48.4 Å². The van der Waals surface area contributed by atoms with Gasteiger partial charge in [0.05, 0.1) is 11.3 Å². The van der Waals surface area contributed by atoms with Gasteiger partial charge in [0.2, 0.25) is 5.91 Å². The summed E-state index contributed by atoms with van der Waals surface area (Å²) in [6, 6.07) is 9.95. The van der Waals surface area contributed by atoms with Crippen LogP contribution in [-0.4, -0.2) is 26.4 Å². The van der Waals surface area contributed by atoms with E-state index in [4.69, 9.17) is 11.6 Å². The van der Waals surface area contributed by atoms with E-state index in [-0.39, 0.29) is 11.7 Å². The zero-order valence-corrected chi connectivity index (χ0v) is 21.4. The monoisotopic (exact) mass is 511 g/mol. The number of thioether (sulfide) groups is 1. The summed E-state index contributed by atoms with van der Waals surface area (Å²) in [6.45, 7) is 6.60. The van der Waals surface area contributed by atoms with E-state index in [0.29, 0.717) is 39.6 Å². The SMILES string of the molecule is C=CCn1c(Cc2ccc(Cl)cc2)nnc1SCC(=O)Nc1sc2c(c1C#N)CCC(CC)C2. The molecule has 6 nitrogen and oxygen atoms in total. The average Bonchev–Trinajstić information content (AvgIpc) is 3.38. The molecule has 9 heteroatoms. The van der Waals surface area contributed by atoms with Gasteiger partial charge in [0.15, 0.2) is 5.16 Å². The fourth-order valence-electron chi connectivity index (χ4n) is 4.16. The molecule has 1 atom stereocenters. The minimum absolute atomic E-state index is 0.153. The van der Waals surface area contributed by atoms with Crippen LogP contribution in [0.3, 0.4) is 0 Å². The van der Waals surface area contributed by atoms with E-state index in [9.17, 15) is 10.1 Å². The normalized spacial score (nSPS) is 14.9. The highest BCUT2D eigenvalue weighted by molar-refractivity contribution is 7.99. The third-order valence-corrected chi connectivity index (χ3v) is 8.41. The zero-order chi connectivity index (χ0) is 24.1. The number of allylic oxidation sites excluding steroid dienone is 1. The third kappa shape index (κ3) is 5.54. The molecule has 2 aromatic heterocycles. The van der Waals surface area contributed by atoms with Gasteiger partial charge in [-0.2, -0.15) is 5.26 Å². The van der Waals surface area contributed by atoms with Gasteiger partial charge in [-0.1, -0.05) is 54.9 Å². The number of carbonyl (C=O) groups is 1. The molecule has 3 aromatic rings. The number of anilines is 1. The summed E-state index contributed by atoms with van der Waals surface area (Å²) in [7, 11) is 0. The van der Waals surface area contributed by atoms with Gasteiger partial charge in [0.1, 0.15) is 16.9 Å². The highest BCUT2D eigenvalue weighted by Crippen LogP contribution is 2.40. The van der Waals surface area contributed by atoms with E-state index in [1.165, 1.54) is 16.6 Å². The number of nitrogens with zero attached hydrogens (tertiary/aromatic N) is 4. The maximum Gasteiger partial charge on any atom is 0.235 e. The fraction of sp³-hybridized carbons (Fsp3) is 0.360. The lowest BCUT2D eigenvalue weighted by atomic mass is 9.86. The molecule has 1 amide bonds. The van der Waals surface area contributed by atoms with E-state index in [1.807, 2.05) is 28.8 Å². The molecule has 1 aliphatic carbocycles. The van der Waals surface area contributed by atoms with Gasteiger partial charge in [0.25, 0.3) is 0 Å². The van der Waals surface area contributed by atoms with Crippen molar-refractivity contribution in [2.75, 3.05) is 11.1 Å². The molecule has 0 spiro atoms. The fourth-order valence-corrected chi connectivity index (χ4v) is 6.38. The first-order chi connectivity index (χ1) is 16.5. The Morgan fingerprint density at radius 1 is 1.41 bits per heavy atom. The molecule has 34 heavy (non-hydrogen) atoms. The van der Waals surface area contributed by atoms with Crippen molar-refractivity contribution in [3.05, 3.63) is 69.3 Å². The molecule has 2 heterocycles. The summed E-state index contributed by atoms with van der Waals surface area (Å²) < 4.78 is 1.97. The summed E-state index contributed by atoms with van der Waals surface area (Å²) in [5.41, 5.74) is 2.83. The predicted molar refractivity (Wildman–Crippen MR) is 139 cm³/mol. The Morgan fingerprint density at radius 3 is 2.91 bits per heavy atom. The predicted octanol–water partition coefficient (Wildman–Crippen LogP) is 5.89. The molecular formula is C25H26ClN5OS2. The molecule has 0 aliphatic heterocycles. The van der Waals surface area contributed by atoms with Crippen molar-refractivity contribution in [3.8, 4) is 6.07 Å². The lowest BCUT2D eigenvalue weighted by Gasteiger charge is -2.20. The van der Waals surface area contributed by atoms with Crippen LogP contribution in [0.25, 0.3) is 0 Å². The number of amides is 1. The van der Waals surface area contributed by atoms with Gasteiger partial charge in [0, 0.05) is 22.9 Å². The Balaban J connectivity index is 1.43. The number of nitrogens with one attached hydrogen (secondary N) is 1. The lowest BCUT2D eigenvalue weighted by molar-refractivity contribution is -0.113. The van der Waals surface area contributed by atoms with E-state index in [2.05, 4.69) is 35.1 Å². The van der Waals surface area contributed by atoms with Gasteiger partial charge >= 0.3 is 0 Å². The molecule has 0 saturated carbocycles. The summed E-state index contributed by atoms with van der Waals surface area (Å²) in [5, 5.41) is 23.3. The van der Waals surface area contributed by atoms with Crippen LogP contribution in [0.5, 0.6) is 0 Å². The third-order valence-electron chi connectivity index (χ3n) is 6.02. The number of halogens is 1. The van der Waals surface area contributed by atoms with Crippen molar-refractivity contribution in [1.82, 2.24) is 14.8 Å². The number of carbonyl (C=O) groups excluding carboxylic acids is 1. The van der Waals surface area contributed by atoms with Crippen LogP contribution in [0.4, 0.5) is 5.00 Å². The van der Waals surface area contributed by atoms with Gasteiger partial charge in [-0.3, -0.25) is 4.79 Å².